The molecule has 0 unspecified atom stereocenters. The summed E-state index contributed by atoms with van der Waals surface area (Å²) in [5.41, 5.74) is 0.348. The van der Waals surface area contributed by atoms with Gasteiger partial charge < -0.3 is 4.74 Å². The molecule has 18 heavy (non-hydrogen) atoms. The van der Waals surface area contributed by atoms with Crippen LogP contribution in [-0.4, -0.2) is 16.7 Å². The van der Waals surface area contributed by atoms with Gasteiger partial charge in [-0.05, 0) is 45.7 Å². The molecule has 1 aliphatic carbocycles. The second-order valence-electron chi connectivity index (χ2n) is 5.46. The first-order valence-corrected chi connectivity index (χ1v) is 6.39. The van der Waals surface area contributed by atoms with Gasteiger partial charge in [0.25, 0.3) is 0 Å². The van der Waals surface area contributed by atoms with E-state index in [2.05, 4.69) is 10.3 Å². The fraction of sp³-hybridized carbons (Fsp3) is 0.538. The zero-order valence-electron chi connectivity index (χ0n) is 10.8. The minimum atomic E-state index is -0.518. The number of hydrogen-bond donors (Lipinski definition) is 1. The molecule has 1 N–H and O–H groups in total. The van der Waals surface area contributed by atoms with Gasteiger partial charge in [-0.3, -0.25) is 5.32 Å². The standard InChI is InChI=1S/C13H17ClN2O2/c1-13(2,3)18-12(17)16-10-7-6-9(14)11(15-10)8-4-5-8/h6-8H,4-5H2,1-3H3,(H,15,16,17). The van der Waals surface area contributed by atoms with E-state index in [0.717, 1.165) is 18.5 Å². The minimum Gasteiger partial charge on any atom is -0.444 e. The first-order valence-electron chi connectivity index (χ1n) is 6.01. The normalized spacial score (nSPS) is 15.3. The number of nitrogens with zero attached hydrogens (tertiary/aromatic N) is 1. The molecule has 0 radical (unpaired) electrons. The molecule has 5 heteroatoms. The van der Waals surface area contributed by atoms with Crippen LogP contribution in [0.15, 0.2) is 12.1 Å². The van der Waals surface area contributed by atoms with Crippen molar-refractivity contribution in [2.45, 2.75) is 45.1 Å². The molecule has 1 heterocycles. The number of carbonyl (C=O) groups excluding carboxylic acids is 1. The van der Waals surface area contributed by atoms with E-state index in [1.54, 1.807) is 12.1 Å². The second-order valence-corrected chi connectivity index (χ2v) is 5.87. The molecule has 0 atom stereocenters. The van der Waals surface area contributed by atoms with E-state index in [1.807, 2.05) is 20.8 Å². The van der Waals surface area contributed by atoms with Gasteiger partial charge in [0, 0.05) is 5.92 Å². The van der Waals surface area contributed by atoms with Crippen LogP contribution < -0.4 is 5.32 Å². The predicted octanol–water partition coefficient (Wildman–Crippen LogP) is 3.96. The van der Waals surface area contributed by atoms with Crippen LogP contribution >= 0.6 is 11.6 Å². The van der Waals surface area contributed by atoms with E-state index in [9.17, 15) is 4.79 Å². The Balaban J connectivity index is 2.05. The number of halogens is 1. The Labute approximate surface area is 112 Å². The quantitative estimate of drug-likeness (QED) is 0.883. The van der Waals surface area contributed by atoms with E-state index < -0.39 is 11.7 Å². The summed E-state index contributed by atoms with van der Waals surface area (Å²) in [6, 6.07) is 3.44. The number of ether oxygens (including phenoxy) is 1. The highest BCUT2D eigenvalue weighted by molar-refractivity contribution is 6.31. The van der Waals surface area contributed by atoms with Crippen molar-refractivity contribution in [1.82, 2.24) is 4.98 Å². The summed E-state index contributed by atoms with van der Waals surface area (Å²) in [6.45, 7) is 5.45. The van der Waals surface area contributed by atoms with Crippen LogP contribution in [0.3, 0.4) is 0 Å². The van der Waals surface area contributed by atoms with E-state index in [0.29, 0.717) is 16.8 Å². The summed E-state index contributed by atoms with van der Waals surface area (Å²) >= 11 is 6.07. The number of aromatic nitrogens is 1. The van der Waals surface area contributed by atoms with Gasteiger partial charge >= 0.3 is 6.09 Å². The number of rotatable bonds is 2. The maximum Gasteiger partial charge on any atom is 0.413 e. The summed E-state index contributed by atoms with van der Waals surface area (Å²) in [5.74, 6) is 0.924. The van der Waals surface area contributed by atoms with Gasteiger partial charge in [0.2, 0.25) is 0 Å². The van der Waals surface area contributed by atoms with Crippen molar-refractivity contribution in [2.24, 2.45) is 0 Å². The number of carbonyl (C=O) groups is 1. The van der Waals surface area contributed by atoms with Gasteiger partial charge in [-0.25, -0.2) is 9.78 Å². The van der Waals surface area contributed by atoms with Crippen LogP contribution in [0.2, 0.25) is 5.02 Å². The third-order valence-corrected chi connectivity index (χ3v) is 2.79. The molecule has 1 aromatic heterocycles. The maximum absolute atomic E-state index is 11.6. The van der Waals surface area contributed by atoms with Crippen molar-refractivity contribution in [3.63, 3.8) is 0 Å². The zero-order chi connectivity index (χ0) is 13.3. The lowest BCUT2D eigenvalue weighted by Crippen LogP contribution is -2.27. The van der Waals surface area contributed by atoms with Crippen molar-refractivity contribution < 1.29 is 9.53 Å². The summed E-state index contributed by atoms with van der Waals surface area (Å²) in [6.07, 6.45) is 1.73. The Morgan fingerprint density at radius 1 is 1.44 bits per heavy atom. The fourth-order valence-electron chi connectivity index (χ4n) is 1.58. The number of anilines is 1. The van der Waals surface area contributed by atoms with Crippen LogP contribution in [0.1, 0.15) is 45.2 Å². The number of pyridine rings is 1. The Bertz CT molecular complexity index is 465. The molecule has 2 rings (SSSR count). The zero-order valence-corrected chi connectivity index (χ0v) is 11.5. The second kappa shape index (κ2) is 4.76. The molecule has 1 amide bonds. The SMILES string of the molecule is CC(C)(C)OC(=O)Nc1ccc(Cl)c(C2CC2)n1. The molecule has 1 aromatic rings. The van der Waals surface area contributed by atoms with Crippen LogP contribution in [0.5, 0.6) is 0 Å². The Kier molecular flexibility index (Phi) is 3.48. The summed E-state index contributed by atoms with van der Waals surface area (Å²) in [5, 5.41) is 3.28. The smallest absolute Gasteiger partial charge is 0.413 e. The van der Waals surface area contributed by atoms with Gasteiger partial charge in [0.05, 0.1) is 10.7 Å². The molecule has 0 aromatic carbocycles. The predicted molar refractivity (Wildman–Crippen MR) is 71.1 cm³/mol. The molecule has 0 aliphatic heterocycles. The largest absolute Gasteiger partial charge is 0.444 e. The van der Waals surface area contributed by atoms with E-state index in [-0.39, 0.29) is 0 Å². The van der Waals surface area contributed by atoms with Gasteiger partial charge in [0.1, 0.15) is 11.4 Å². The molecule has 0 spiro atoms. The number of hydrogen-bond acceptors (Lipinski definition) is 3. The lowest BCUT2D eigenvalue weighted by atomic mass is 10.2. The molecule has 98 valence electrons. The van der Waals surface area contributed by atoms with Crippen LogP contribution in [0, 0.1) is 0 Å². The molecular formula is C13H17ClN2O2. The molecule has 0 saturated heterocycles. The minimum absolute atomic E-state index is 0.442. The van der Waals surface area contributed by atoms with Crippen molar-refractivity contribution in [2.75, 3.05) is 5.32 Å². The van der Waals surface area contributed by atoms with Crippen LogP contribution in [0.25, 0.3) is 0 Å². The molecule has 0 bridgehead atoms. The van der Waals surface area contributed by atoms with Crippen molar-refractivity contribution in [1.29, 1.82) is 0 Å². The summed E-state index contributed by atoms with van der Waals surface area (Å²) in [7, 11) is 0. The monoisotopic (exact) mass is 268 g/mol. The van der Waals surface area contributed by atoms with Gasteiger partial charge in [-0.15, -0.1) is 0 Å². The molecule has 1 aliphatic rings. The van der Waals surface area contributed by atoms with E-state index >= 15 is 0 Å². The molecule has 1 saturated carbocycles. The average molecular weight is 269 g/mol. The average Bonchev–Trinajstić information content (AvgIpc) is 3.01. The van der Waals surface area contributed by atoms with E-state index in [1.165, 1.54) is 0 Å². The lowest BCUT2D eigenvalue weighted by molar-refractivity contribution is 0.0635. The Hall–Kier alpha value is -1.29. The van der Waals surface area contributed by atoms with Crippen LogP contribution in [0.4, 0.5) is 10.6 Å². The Morgan fingerprint density at radius 2 is 2.11 bits per heavy atom. The molecule has 1 fully saturated rings. The highest BCUT2D eigenvalue weighted by Gasteiger charge is 2.27. The van der Waals surface area contributed by atoms with Gasteiger partial charge in [-0.1, -0.05) is 11.6 Å². The summed E-state index contributed by atoms with van der Waals surface area (Å²) in [4.78, 5) is 16.0. The highest BCUT2D eigenvalue weighted by Crippen LogP contribution is 2.42. The Morgan fingerprint density at radius 3 is 2.67 bits per heavy atom. The van der Waals surface area contributed by atoms with Gasteiger partial charge in [0.15, 0.2) is 0 Å². The van der Waals surface area contributed by atoms with Crippen molar-refractivity contribution in [3.8, 4) is 0 Å². The fourth-order valence-corrected chi connectivity index (χ4v) is 1.84. The van der Waals surface area contributed by atoms with Crippen LogP contribution in [-0.2, 0) is 4.74 Å². The summed E-state index contributed by atoms with van der Waals surface area (Å²) < 4.78 is 5.16. The van der Waals surface area contributed by atoms with Crippen molar-refractivity contribution >= 4 is 23.5 Å². The van der Waals surface area contributed by atoms with Crippen molar-refractivity contribution in [3.05, 3.63) is 22.8 Å². The maximum atomic E-state index is 11.6. The first kappa shape index (κ1) is 13.1. The highest BCUT2D eigenvalue weighted by atomic mass is 35.5. The third-order valence-electron chi connectivity index (χ3n) is 2.47. The van der Waals surface area contributed by atoms with E-state index in [4.69, 9.17) is 16.3 Å². The third kappa shape index (κ3) is 3.60. The molecular weight excluding hydrogens is 252 g/mol. The first-order chi connectivity index (χ1) is 8.35. The van der Waals surface area contributed by atoms with Gasteiger partial charge in [-0.2, -0.15) is 0 Å². The lowest BCUT2D eigenvalue weighted by Gasteiger charge is -2.19. The topological polar surface area (TPSA) is 51.2 Å². The number of amides is 1. The molecule has 4 nitrogen and oxygen atoms in total. The number of nitrogens with one attached hydrogen (secondary N) is 1.